The lowest BCUT2D eigenvalue weighted by molar-refractivity contribution is 0.569. The van der Waals surface area contributed by atoms with Gasteiger partial charge >= 0.3 is 5.69 Å². The molecular weight excluding hydrogens is 268 g/mol. The number of nitrogens with one attached hydrogen (secondary N) is 1. The number of hydrazine groups is 1. The molecule has 0 unspecified atom stereocenters. The van der Waals surface area contributed by atoms with Gasteiger partial charge in [-0.15, -0.1) is 10.2 Å². The van der Waals surface area contributed by atoms with Crippen molar-refractivity contribution in [3.8, 4) is 0 Å². The number of nitrogen functional groups attached to an aromatic ring is 1. The van der Waals surface area contributed by atoms with Gasteiger partial charge in [0.15, 0.2) is 0 Å². The molecule has 0 bridgehead atoms. The average Bonchev–Trinajstić information content (AvgIpc) is 2.86. The first-order valence-electron chi connectivity index (χ1n) is 5.75. The quantitative estimate of drug-likeness (QED) is 0.571. The Bertz CT molecular complexity index is 673. The van der Waals surface area contributed by atoms with Gasteiger partial charge in [0.05, 0.1) is 6.54 Å². The Morgan fingerprint density at radius 3 is 2.84 bits per heavy atom. The first-order valence-corrected chi connectivity index (χ1v) is 6.56. The van der Waals surface area contributed by atoms with E-state index in [-0.39, 0.29) is 17.8 Å². The number of nitrogens with two attached hydrogens (primary N) is 1. The van der Waals surface area contributed by atoms with Crippen LogP contribution in [0.25, 0.3) is 0 Å². The third-order valence-corrected chi connectivity index (χ3v) is 3.33. The molecule has 2 rings (SSSR count). The van der Waals surface area contributed by atoms with Crippen molar-refractivity contribution in [1.29, 1.82) is 0 Å². The van der Waals surface area contributed by atoms with E-state index in [2.05, 4.69) is 15.6 Å². The fourth-order valence-corrected chi connectivity index (χ4v) is 2.26. The Labute approximate surface area is 112 Å². The van der Waals surface area contributed by atoms with Crippen LogP contribution in [0, 0.1) is 0 Å². The molecule has 102 valence electrons. The zero-order valence-corrected chi connectivity index (χ0v) is 11.2. The third-order valence-electron chi connectivity index (χ3n) is 2.49. The smallest absolute Gasteiger partial charge is 0.300 e. The Balaban J connectivity index is 2.36. The van der Waals surface area contributed by atoms with E-state index >= 15 is 0 Å². The van der Waals surface area contributed by atoms with Gasteiger partial charge in [-0.2, -0.15) is 0 Å². The van der Waals surface area contributed by atoms with Crippen LogP contribution in [0.4, 0.5) is 5.13 Å². The molecule has 0 aliphatic rings. The standard InChI is InChI=1S/C10H14N6O2S/c1-2-4-15-5-3-8(17)16(10(15)18)6-7-13-14-9(12-11)19-7/h3,5H,2,4,6,11H2,1H3,(H,12,14). The second-order valence-corrected chi connectivity index (χ2v) is 4.92. The van der Waals surface area contributed by atoms with Crippen LogP contribution in [0.3, 0.4) is 0 Å². The summed E-state index contributed by atoms with van der Waals surface area (Å²) in [4.78, 5) is 23.8. The fraction of sp³-hybridized carbons (Fsp3) is 0.400. The summed E-state index contributed by atoms with van der Waals surface area (Å²) in [7, 11) is 0. The zero-order chi connectivity index (χ0) is 13.8. The topological polar surface area (TPSA) is 108 Å². The Morgan fingerprint density at radius 2 is 2.21 bits per heavy atom. The van der Waals surface area contributed by atoms with Crippen LogP contribution >= 0.6 is 11.3 Å². The highest BCUT2D eigenvalue weighted by Gasteiger charge is 2.09. The highest BCUT2D eigenvalue weighted by Crippen LogP contribution is 2.13. The summed E-state index contributed by atoms with van der Waals surface area (Å²) in [6.07, 6.45) is 2.33. The van der Waals surface area contributed by atoms with Gasteiger partial charge in [-0.3, -0.25) is 14.8 Å². The molecule has 0 saturated heterocycles. The molecule has 0 spiro atoms. The van der Waals surface area contributed by atoms with E-state index in [4.69, 9.17) is 5.84 Å². The van der Waals surface area contributed by atoms with Crippen molar-refractivity contribution in [1.82, 2.24) is 19.3 Å². The Hall–Kier alpha value is -2.00. The third kappa shape index (κ3) is 2.88. The first kappa shape index (κ1) is 13.4. The van der Waals surface area contributed by atoms with Gasteiger partial charge in [0.1, 0.15) is 5.01 Å². The normalized spacial score (nSPS) is 10.6. The number of hydrogen-bond donors (Lipinski definition) is 2. The Kier molecular flexibility index (Phi) is 4.07. The molecule has 19 heavy (non-hydrogen) atoms. The molecule has 2 aromatic heterocycles. The maximum atomic E-state index is 12.1. The van der Waals surface area contributed by atoms with E-state index in [1.807, 2.05) is 6.92 Å². The number of nitrogens with zero attached hydrogens (tertiary/aromatic N) is 4. The number of aromatic nitrogens is 4. The minimum absolute atomic E-state index is 0.0988. The van der Waals surface area contributed by atoms with Crippen LogP contribution in [0.2, 0.25) is 0 Å². The van der Waals surface area contributed by atoms with Crippen LogP contribution in [-0.2, 0) is 13.1 Å². The largest absolute Gasteiger partial charge is 0.331 e. The number of aryl methyl sites for hydroxylation is 1. The van der Waals surface area contributed by atoms with Crippen LogP contribution in [0.5, 0.6) is 0 Å². The van der Waals surface area contributed by atoms with E-state index < -0.39 is 0 Å². The molecule has 8 nitrogen and oxygen atoms in total. The van der Waals surface area contributed by atoms with Gasteiger partial charge in [0.25, 0.3) is 5.56 Å². The first-order chi connectivity index (χ1) is 9.15. The molecule has 9 heteroatoms. The second kappa shape index (κ2) is 5.76. The SMILES string of the molecule is CCCn1ccc(=O)n(Cc2nnc(NN)s2)c1=O. The van der Waals surface area contributed by atoms with Gasteiger partial charge in [-0.1, -0.05) is 18.3 Å². The summed E-state index contributed by atoms with van der Waals surface area (Å²) in [6.45, 7) is 2.64. The summed E-state index contributed by atoms with van der Waals surface area (Å²) >= 11 is 1.20. The average molecular weight is 282 g/mol. The number of rotatable bonds is 5. The molecule has 2 aromatic rings. The summed E-state index contributed by atoms with van der Waals surface area (Å²) in [5, 5.41) is 8.60. The van der Waals surface area contributed by atoms with Gasteiger partial charge in [0, 0.05) is 18.8 Å². The molecular formula is C10H14N6O2S. The lowest BCUT2D eigenvalue weighted by atomic mass is 10.4. The number of anilines is 1. The van der Waals surface area contributed by atoms with Gasteiger partial charge in [-0.25, -0.2) is 10.6 Å². The van der Waals surface area contributed by atoms with Crippen molar-refractivity contribution in [3.63, 3.8) is 0 Å². The Morgan fingerprint density at radius 1 is 1.42 bits per heavy atom. The monoisotopic (exact) mass is 282 g/mol. The van der Waals surface area contributed by atoms with Crippen LogP contribution in [0.15, 0.2) is 21.9 Å². The molecule has 0 aliphatic carbocycles. The molecule has 2 heterocycles. The van der Waals surface area contributed by atoms with Crippen LogP contribution in [-0.4, -0.2) is 19.3 Å². The molecule has 0 atom stereocenters. The van der Waals surface area contributed by atoms with Crippen LogP contribution in [0.1, 0.15) is 18.4 Å². The van der Waals surface area contributed by atoms with Crippen molar-refractivity contribution < 1.29 is 0 Å². The predicted molar refractivity (Wildman–Crippen MR) is 72.1 cm³/mol. The number of hydrogen-bond acceptors (Lipinski definition) is 7. The summed E-state index contributed by atoms with van der Waals surface area (Å²) in [5.74, 6) is 5.20. The molecule has 3 N–H and O–H groups in total. The lowest BCUT2D eigenvalue weighted by Gasteiger charge is -2.07. The highest BCUT2D eigenvalue weighted by molar-refractivity contribution is 7.15. The second-order valence-electron chi connectivity index (χ2n) is 3.86. The highest BCUT2D eigenvalue weighted by atomic mass is 32.1. The van der Waals surface area contributed by atoms with E-state index in [0.29, 0.717) is 16.7 Å². The zero-order valence-electron chi connectivity index (χ0n) is 10.4. The van der Waals surface area contributed by atoms with Crippen LogP contribution < -0.4 is 22.5 Å². The maximum Gasteiger partial charge on any atom is 0.331 e. The molecule has 0 amide bonds. The van der Waals surface area contributed by atoms with Gasteiger partial charge in [-0.05, 0) is 6.42 Å². The molecule has 0 saturated carbocycles. The molecule has 0 aromatic carbocycles. The summed E-state index contributed by atoms with van der Waals surface area (Å²) < 4.78 is 2.64. The summed E-state index contributed by atoms with van der Waals surface area (Å²) in [5.41, 5.74) is 1.68. The van der Waals surface area contributed by atoms with Crippen molar-refractivity contribution in [2.24, 2.45) is 5.84 Å². The minimum Gasteiger partial charge on any atom is -0.300 e. The van der Waals surface area contributed by atoms with Crippen molar-refractivity contribution in [3.05, 3.63) is 38.1 Å². The predicted octanol–water partition coefficient (Wildman–Crippen LogP) is -0.395. The lowest BCUT2D eigenvalue weighted by Crippen LogP contribution is -2.39. The van der Waals surface area contributed by atoms with E-state index in [0.717, 1.165) is 11.0 Å². The van der Waals surface area contributed by atoms with E-state index in [1.165, 1.54) is 28.2 Å². The molecule has 0 aliphatic heterocycles. The van der Waals surface area contributed by atoms with Crippen molar-refractivity contribution in [2.75, 3.05) is 5.43 Å². The van der Waals surface area contributed by atoms with E-state index in [9.17, 15) is 9.59 Å². The maximum absolute atomic E-state index is 12.1. The summed E-state index contributed by atoms with van der Waals surface area (Å²) in [6, 6.07) is 1.38. The van der Waals surface area contributed by atoms with E-state index in [1.54, 1.807) is 0 Å². The fourth-order valence-electron chi connectivity index (χ4n) is 1.62. The van der Waals surface area contributed by atoms with Crippen molar-refractivity contribution >= 4 is 16.5 Å². The van der Waals surface area contributed by atoms with Crippen molar-refractivity contribution in [2.45, 2.75) is 26.4 Å². The van der Waals surface area contributed by atoms with Gasteiger partial charge in [0.2, 0.25) is 5.13 Å². The molecule has 0 fully saturated rings. The van der Waals surface area contributed by atoms with Gasteiger partial charge < -0.3 is 4.57 Å². The molecule has 0 radical (unpaired) electrons. The minimum atomic E-state index is -0.352.